The summed E-state index contributed by atoms with van der Waals surface area (Å²) in [5.74, 6) is -1.02. The summed E-state index contributed by atoms with van der Waals surface area (Å²) in [4.78, 5) is 41.9. The van der Waals surface area contributed by atoms with E-state index in [0.717, 1.165) is 20.9 Å². The number of para-hydroxylation sites is 2. The lowest BCUT2D eigenvalue weighted by molar-refractivity contribution is -0.121. The van der Waals surface area contributed by atoms with Crippen LogP contribution in [-0.4, -0.2) is 17.8 Å². The normalized spacial score (nSPS) is 14.6. The maximum absolute atomic E-state index is 13.4. The highest BCUT2D eigenvalue weighted by atomic mass is 16.3. The molecule has 0 atom stereocenters. The Hall–Kier alpha value is -3.93. The van der Waals surface area contributed by atoms with Gasteiger partial charge >= 0.3 is 6.03 Å². The van der Waals surface area contributed by atoms with Crippen LogP contribution in [0.4, 0.5) is 16.2 Å². The summed E-state index contributed by atoms with van der Waals surface area (Å²) in [5.41, 5.74) is 2.19. The minimum absolute atomic E-state index is 0.147. The minimum Gasteiger partial charge on any atom is -0.465 e. The maximum Gasteiger partial charge on any atom is 0.343 e. The number of furan rings is 1. The zero-order chi connectivity index (χ0) is 20.5. The Morgan fingerprint density at radius 2 is 1.24 bits per heavy atom. The number of carbonyl (C=O) groups is 3. The van der Waals surface area contributed by atoms with E-state index in [-0.39, 0.29) is 5.57 Å². The third-order valence-electron chi connectivity index (χ3n) is 4.79. The first kappa shape index (κ1) is 18.4. The van der Waals surface area contributed by atoms with Gasteiger partial charge in [-0.05, 0) is 55.3 Å². The molecule has 0 saturated carbocycles. The summed E-state index contributed by atoms with van der Waals surface area (Å²) in [6.07, 6.45) is 2.82. The number of rotatable bonds is 3. The van der Waals surface area contributed by atoms with Crippen molar-refractivity contribution in [3.05, 3.63) is 89.4 Å². The Morgan fingerprint density at radius 1 is 0.724 bits per heavy atom. The molecular weight excluding hydrogens is 368 g/mol. The molecule has 2 heterocycles. The van der Waals surface area contributed by atoms with E-state index in [4.69, 9.17) is 4.42 Å². The number of hydrogen-bond donors (Lipinski definition) is 0. The van der Waals surface area contributed by atoms with E-state index in [9.17, 15) is 14.4 Å². The first-order valence-electron chi connectivity index (χ1n) is 9.08. The maximum atomic E-state index is 13.4. The molecule has 0 bridgehead atoms. The first-order chi connectivity index (χ1) is 14.0. The van der Waals surface area contributed by atoms with Crippen LogP contribution in [0.15, 0.2) is 76.9 Å². The number of benzene rings is 2. The molecule has 0 unspecified atom stereocenters. The lowest BCUT2D eigenvalue weighted by Crippen LogP contribution is -2.57. The van der Waals surface area contributed by atoms with E-state index in [1.807, 2.05) is 12.1 Å². The van der Waals surface area contributed by atoms with Gasteiger partial charge in [0, 0.05) is 0 Å². The molecule has 6 heteroatoms. The van der Waals surface area contributed by atoms with Crippen molar-refractivity contribution < 1.29 is 18.8 Å². The average Bonchev–Trinajstić information content (AvgIpc) is 3.21. The van der Waals surface area contributed by atoms with Crippen LogP contribution in [0.3, 0.4) is 0 Å². The molecule has 1 fully saturated rings. The molecule has 29 heavy (non-hydrogen) atoms. The molecule has 1 aliphatic heterocycles. The van der Waals surface area contributed by atoms with Crippen molar-refractivity contribution in [2.45, 2.75) is 13.8 Å². The van der Waals surface area contributed by atoms with E-state index in [0.29, 0.717) is 17.1 Å². The van der Waals surface area contributed by atoms with Crippen LogP contribution in [0.1, 0.15) is 16.9 Å². The van der Waals surface area contributed by atoms with Crippen molar-refractivity contribution in [2.75, 3.05) is 9.80 Å². The van der Waals surface area contributed by atoms with Gasteiger partial charge in [0.25, 0.3) is 11.8 Å². The lowest BCUT2D eigenvalue weighted by Gasteiger charge is -2.35. The number of nitrogens with zero attached hydrogens (tertiary/aromatic N) is 2. The molecular formula is C23H18N2O4. The molecule has 1 saturated heterocycles. The molecule has 3 aromatic rings. The average molecular weight is 386 g/mol. The highest BCUT2D eigenvalue weighted by molar-refractivity contribution is 6.46. The third kappa shape index (κ3) is 3.14. The van der Waals surface area contributed by atoms with Gasteiger partial charge in [0.2, 0.25) is 0 Å². The summed E-state index contributed by atoms with van der Waals surface area (Å²) in [6.45, 7) is 3.61. The minimum atomic E-state index is -0.708. The Balaban J connectivity index is 1.92. The summed E-state index contributed by atoms with van der Waals surface area (Å²) < 4.78 is 5.29. The zero-order valence-electron chi connectivity index (χ0n) is 16.0. The van der Waals surface area contributed by atoms with Gasteiger partial charge in [-0.1, -0.05) is 36.4 Å². The van der Waals surface area contributed by atoms with Gasteiger partial charge in [-0.15, -0.1) is 0 Å². The predicted molar refractivity (Wildman–Crippen MR) is 109 cm³/mol. The Bertz CT molecular complexity index is 1080. The number of anilines is 2. The molecule has 144 valence electrons. The fraction of sp³-hybridized carbons (Fsp3) is 0.0870. The van der Waals surface area contributed by atoms with Gasteiger partial charge in [0.05, 0.1) is 17.6 Å². The van der Waals surface area contributed by atoms with Gasteiger partial charge in [-0.3, -0.25) is 9.59 Å². The van der Waals surface area contributed by atoms with Crippen molar-refractivity contribution in [3.63, 3.8) is 0 Å². The van der Waals surface area contributed by atoms with Gasteiger partial charge in [-0.2, -0.15) is 0 Å². The van der Waals surface area contributed by atoms with Crippen LogP contribution in [0, 0.1) is 13.8 Å². The summed E-state index contributed by atoms with van der Waals surface area (Å²) >= 11 is 0. The van der Waals surface area contributed by atoms with Crippen LogP contribution < -0.4 is 9.80 Å². The number of hydrogen-bond acceptors (Lipinski definition) is 4. The number of carbonyl (C=O) groups excluding carboxylic acids is 3. The van der Waals surface area contributed by atoms with Crippen molar-refractivity contribution in [1.82, 2.24) is 0 Å². The quantitative estimate of drug-likeness (QED) is 0.492. The third-order valence-corrected chi connectivity index (χ3v) is 4.79. The standard InChI is InChI=1S/C23H18N2O4/c1-15-8-3-5-11-19(15)24-21(26)18(14-17-10-7-13-29-17)22(27)25(23(24)28)20-12-6-4-9-16(20)2/h3-14H,1-2H3. The smallest absolute Gasteiger partial charge is 0.343 e. The molecule has 4 rings (SSSR count). The fourth-order valence-corrected chi connectivity index (χ4v) is 3.30. The van der Waals surface area contributed by atoms with Crippen LogP contribution in [0.2, 0.25) is 0 Å². The first-order valence-corrected chi connectivity index (χ1v) is 9.08. The molecule has 1 aromatic heterocycles. The van der Waals surface area contributed by atoms with Crippen molar-refractivity contribution >= 4 is 35.3 Å². The van der Waals surface area contributed by atoms with Gasteiger partial charge in [-0.25, -0.2) is 14.6 Å². The number of barbiturate groups is 1. The monoisotopic (exact) mass is 386 g/mol. The Kier molecular flexibility index (Phi) is 4.60. The molecule has 4 amide bonds. The molecule has 2 aromatic carbocycles. The number of aryl methyl sites for hydroxylation is 2. The van der Waals surface area contributed by atoms with E-state index >= 15 is 0 Å². The van der Waals surface area contributed by atoms with Gasteiger partial charge in [0.1, 0.15) is 11.3 Å². The number of urea groups is 1. The van der Waals surface area contributed by atoms with Crippen LogP contribution in [0.5, 0.6) is 0 Å². The summed E-state index contributed by atoms with van der Waals surface area (Å²) in [6, 6.07) is 16.7. The second kappa shape index (κ2) is 7.24. The van der Waals surface area contributed by atoms with E-state index in [1.165, 1.54) is 12.3 Å². The molecule has 0 aliphatic carbocycles. The van der Waals surface area contributed by atoms with Gasteiger partial charge in [0.15, 0.2) is 0 Å². The SMILES string of the molecule is Cc1ccccc1N1C(=O)C(=Cc2ccco2)C(=O)N(c2ccccc2C)C1=O. The molecule has 0 radical (unpaired) electrons. The Morgan fingerprint density at radius 3 is 1.69 bits per heavy atom. The highest BCUT2D eigenvalue weighted by Gasteiger charge is 2.44. The van der Waals surface area contributed by atoms with Gasteiger partial charge < -0.3 is 4.42 Å². The second-order valence-corrected chi connectivity index (χ2v) is 6.71. The van der Waals surface area contributed by atoms with E-state index < -0.39 is 17.8 Å². The fourth-order valence-electron chi connectivity index (χ4n) is 3.30. The van der Waals surface area contributed by atoms with Crippen LogP contribution in [0.25, 0.3) is 6.08 Å². The number of amides is 4. The molecule has 0 spiro atoms. The number of imide groups is 2. The summed E-state index contributed by atoms with van der Waals surface area (Å²) in [5, 5.41) is 0. The van der Waals surface area contributed by atoms with E-state index in [2.05, 4.69) is 0 Å². The van der Waals surface area contributed by atoms with E-state index in [1.54, 1.807) is 62.4 Å². The topological polar surface area (TPSA) is 70.8 Å². The zero-order valence-corrected chi connectivity index (χ0v) is 16.0. The van der Waals surface area contributed by atoms with Crippen molar-refractivity contribution in [1.29, 1.82) is 0 Å². The molecule has 1 aliphatic rings. The van der Waals surface area contributed by atoms with Crippen LogP contribution >= 0.6 is 0 Å². The summed E-state index contributed by atoms with van der Waals surface area (Å²) in [7, 11) is 0. The molecule has 0 N–H and O–H groups in total. The van der Waals surface area contributed by atoms with Crippen molar-refractivity contribution in [3.8, 4) is 0 Å². The van der Waals surface area contributed by atoms with Crippen LogP contribution in [-0.2, 0) is 9.59 Å². The molecule has 6 nitrogen and oxygen atoms in total. The second-order valence-electron chi connectivity index (χ2n) is 6.71. The highest BCUT2D eigenvalue weighted by Crippen LogP contribution is 2.32. The predicted octanol–water partition coefficient (Wildman–Crippen LogP) is 4.48. The largest absolute Gasteiger partial charge is 0.465 e. The van der Waals surface area contributed by atoms with Crippen molar-refractivity contribution in [2.24, 2.45) is 0 Å². The Labute approximate surface area is 167 Å². The lowest BCUT2D eigenvalue weighted by atomic mass is 10.0.